The molecule has 154 valence electrons. The molecule has 2 aliphatic carbocycles. The fourth-order valence-electron chi connectivity index (χ4n) is 4.86. The largest absolute Gasteiger partial charge is 0.481 e. The average Bonchev–Trinajstić information content (AvgIpc) is 2.95. The summed E-state index contributed by atoms with van der Waals surface area (Å²) < 4.78 is 10.3. The molecule has 1 saturated carbocycles. The van der Waals surface area contributed by atoms with E-state index in [-0.39, 0.29) is 30.2 Å². The number of rotatable bonds is 5. The summed E-state index contributed by atoms with van der Waals surface area (Å²) in [6.07, 6.45) is 6.84. The van der Waals surface area contributed by atoms with Crippen molar-refractivity contribution in [1.29, 1.82) is 0 Å². The number of carbonyl (C=O) groups excluding carboxylic acids is 3. The van der Waals surface area contributed by atoms with Gasteiger partial charge in [-0.05, 0) is 18.9 Å². The summed E-state index contributed by atoms with van der Waals surface area (Å²) in [5.41, 5.74) is 0. The van der Waals surface area contributed by atoms with Gasteiger partial charge in [0.1, 0.15) is 12.4 Å². The highest BCUT2D eigenvalue weighted by molar-refractivity contribution is 5.88. The number of carboxylic acid groups (broad SMARTS) is 1. The van der Waals surface area contributed by atoms with Crippen molar-refractivity contribution in [3.8, 4) is 0 Å². The first-order valence-electron chi connectivity index (χ1n) is 9.86. The van der Waals surface area contributed by atoms with E-state index in [1.54, 1.807) is 6.08 Å². The van der Waals surface area contributed by atoms with Gasteiger partial charge in [0.2, 0.25) is 5.91 Å². The summed E-state index contributed by atoms with van der Waals surface area (Å²) in [6, 6.07) is 0.138. The fraction of sp³-hybridized carbons (Fsp3) is 0.700. The van der Waals surface area contributed by atoms with Crippen LogP contribution in [0.5, 0.6) is 0 Å². The minimum atomic E-state index is -1.15. The number of carboxylic acids is 1. The van der Waals surface area contributed by atoms with Gasteiger partial charge in [0.05, 0.1) is 17.8 Å². The van der Waals surface area contributed by atoms with E-state index < -0.39 is 35.7 Å². The lowest BCUT2D eigenvalue weighted by Crippen LogP contribution is -2.45. The lowest BCUT2D eigenvalue weighted by Gasteiger charge is -2.34. The Morgan fingerprint density at radius 2 is 1.82 bits per heavy atom. The molecule has 0 bridgehead atoms. The molecule has 0 spiro atoms. The fourth-order valence-corrected chi connectivity index (χ4v) is 4.86. The molecule has 0 unspecified atom stereocenters. The first-order valence-corrected chi connectivity index (χ1v) is 9.86. The van der Waals surface area contributed by atoms with Crippen LogP contribution in [0.15, 0.2) is 11.8 Å². The van der Waals surface area contributed by atoms with Crippen LogP contribution in [-0.2, 0) is 28.7 Å². The monoisotopic (exact) mass is 393 g/mol. The van der Waals surface area contributed by atoms with Crippen molar-refractivity contribution >= 4 is 23.8 Å². The molecule has 0 radical (unpaired) electrons. The third kappa shape index (κ3) is 4.05. The summed E-state index contributed by atoms with van der Waals surface area (Å²) in [5.74, 6) is -5.31. The van der Waals surface area contributed by atoms with Crippen molar-refractivity contribution in [1.82, 2.24) is 4.90 Å². The molecule has 8 heteroatoms. The quantitative estimate of drug-likeness (QED) is 0.708. The Balaban J connectivity index is 1.92. The Morgan fingerprint density at radius 1 is 1.14 bits per heavy atom. The molecule has 0 aromatic rings. The number of hydrogen-bond acceptors (Lipinski definition) is 6. The number of esters is 2. The molecule has 1 N–H and O–H groups in total. The smallest absolute Gasteiger partial charge is 0.308 e. The molecule has 3 rings (SSSR count). The van der Waals surface area contributed by atoms with Gasteiger partial charge in [-0.2, -0.15) is 0 Å². The molecule has 2 fully saturated rings. The van der Waals surface area contributed by atoms with E-state index in [0.717, 1.165) is 32.1 Å². The van der Waals surface area contributed by atoms with Gasteiger partial charge < -0.3 is 19.5 Å². The summed E-state index contributed by atoms with van der Waals surface area (Å²) in [6.45, 7) is 2.65. The van der Waals surface area contributed by atoms with Crippen molar-refractivity contribution in [2.24, 2.45) is 23.7 Å². The molecule has 1 amide bonds. The molecule has 8 nitrogen and oxygen atoms in total. The van der Waals surface area contributed by atoms with E-state index in [2.05, 4.69) is 0 Å². The van der Waals surface area contributed by atoms with E-state index >= 15 is 0 Å². The molecule has 1 heterocycles. The van der Waals surface area contributed by atoms with Gasteiger partial charge in [0.15, 0.2) is 0 Å². The highest BCUT2D eigenvalue weighted by Crippen LogP contribution is 2.45. The summed E-state index contributed by atoms with van der Waals surface area (Å²) in [5, 5.41) is 9.91. The zero-order valence-corrected chi connectivity index (χ0v) is 16.3. The molecule has 0 aromatic heterocycles. The van der Waals surface area contributed by atoms with Gasteiger partial charge >= 0.3 is 17.9 Å². The van der Waals surface area contributed by atoms with Crippen LogP contribution in [0.4, 0.5) is 0 Å². The van der Waals surface area contributed by atoms with Crippen molar-refractivity contribution in [3.05, 3.63) is 11.8 Å². The van der Waals surface area contributed by atoms with E-state index in [0.29, 0.717) is 6.54 Å². The standard InChI is InChI=1S/C20H27NO7/c1-11(22)27-10-15-16(28-12(2)23)8-13-9-21(14-6-4-3-5-7-14)19(24)17(13)18(15)20(25)26/h8,13-15,17-18H,3-7,9-10H2,1-2H3,(H,25,26)/t13-,15-,17+,18-/m0/s1. The van der Waals surface area contributed by atoms with Crippen LogP contribution in [0, 0.1) is 23.7 Å². The average molecular weight is 393 g/mol. The number of aliphatic carboxylic acids is 1. The van der Waals surface area contributed by atoms with Gasteiger partial charge in [0.25, 0.3) is 0 Å². The van der Waals surface area contributed by atoms with Gasteiger partial charge in [-0.3, -0.25) is 19.2 Å². The lowest BCUT2D eigenvalue weighted by atomic mass is 9.71. The number of fused-ring (bicyclic) bond motifs is 1. The Morgan fingerprint density at radius 3 is 2.39 bits per heavy atom. The van der Waals surface area contributed by atoms with E-state index in [1.807, 2.05) is 4.90 Å². The minimum Gasteiger partial charge on any atom is -0.481 e. The molecule has 0 aromatic carbocycles. The third-order valence-corrected chi connectivity index (χ3v) is 6.03. The second kappa shape index (κ2) is 8.32. The van der Waals surface area contributed by atoms with Crippen LogP contribution >= 0.6 is 0 Å². The van der Waals surface area contributed by atoms with Crippen molar-refractivity contribution < 1.29 is 33.8 Å². The minimum absolute atomic E-state index is 0.138. The second-order valence-electron chi connectivity index (χ2n) is 7.91. The van der Waals surface area contributed by atoms with Crippen LogP contribution in [0.1, 0.15) is 46.0 Å². The van der Waals surface area contributed by atoms with E-state index in [4.69, 9.17) is 9.47 Å². The van der Waals surface area contributed by atoms with Crippen LogP contribution < -0.4 is 0 Å². The van der Waals surface area contributed by atoms with Gasteiger partial charge in [-0.15, -0.1) is 0 Å². The topological polar surface area (TPSA) is 110 Å². The maximum atomic E-state index is 13.2. The molecule has 3 aliphatic rings. The van der Waals surface area contributed by atoms with Crippen molar-refractivity contribution in [2.45, 2.75) is 52.0 Å². The predicted octanol–water partition coefficient (Wildman–Crippen LogP) is 1.73. The number of hydrogen-bond donors (Lipinski definition) is 1. The molecular formula is C20H27NO7. The van der Waals surface area contributed by atoms with Gasteiger partial charge in [0, 0.05) is 32.4 Å². The van der Waals surface area contributed by atoms with Gasteiger partial charge in [-0.1, -0.05) is 19.3 Å². The van der Waals surface area contributed by atoms with Crippen LogP contribution in [0.3, 0.4) is 0 Å². The molecule has 4 atom stereocenters. The molecule has 1 saturated heterocycles. The van der Waals surface area contributed by atoms with Gasteiger partial charge in [-0.25, -0.2) is 0 Å². The van der Waals surface area contributed by atoms with Crippen molar-refractivity contribution in [2.75, 3.05) is 13.2 Å². The third-order valence-electron chi connectivity index (χ3n) is 6.03. The van der Waals surface area contributed by atoms with E-state index in [1.165, 1.54) is 13.8 Å². The SMILES string of the molecule is CC(=O)OC[C@H]1C(OC(C)=O)=C[C@H]2CN(C3CCCCC3)C(=O)[C@H]2[C@H]1C(=O)O. The Bertz CT molecular complexity index is 695. The van der Waals surface area contributed by atoms with Crippen LogP contribution in [-0.4, -0.2) is 53.0 Å². The highest BCUT2D eigenvalue weighted by Gasteiger charge is 2.55. The molecular weight excluding hydrogens is 366 g/mol. The van der Waals surface area contributed by atoms with Crippen LogP contribution in [0.25, 0.3) is 0 Å². The molecule has 28 heavy (non-hydrogen) atoms. The Labute approximate surface area is 163 Å². The predicted molar refractivity (Wildman–Crippen MR) is 96.7 cm³/mol. The lowest BCUT2D eigenvalue weighted by molar-refractivity contribution is -0.157. The first-order chi connectivity index (χ1) is 13.3. The molecule has 1 aliphatic heterocycles. The summed E-state index contributed by atoms with van der Waals surface area (Å²) in [7, 11) is 0. The number of likely N-dealkylation sites (tertiary alicyclic amines) is 1. The first kappa shape index (κ1) is 20.4. The second-order valence-corrected chi connectivity index (χ2v) is 7.91. The summed E-state index contributed by atoms with van der Waals surface area (Å²) >= 11 is 0. The van der Waals surface area contributed by atoms with E-state index in [9.17, 15) is 24.3 Å². The normalized spacial score (nSPS) is 30.4. The maximum absolute atomic E-state index is 13.2. The number of nitrogens with zero attached hydrogens (tertiary/aromatic N) is 1. The zero-order chi connectivity index (χ0) is 20.4. The number of ether oxygens (including phenoxy) is 2. The summed E-state index contributed by atoms with van der Waals surface area (Å²) in [4.78, 5) is 50.0. The highest BCUT2D eigenvalue weighted by atomic mass is 16.5. The Hall–Kier alpha value is -2.38. The number of carbonyl (C=O) groups is 4. The number of amides is 1. The van der Waals surface area contributed by atoms with Crippen molar-refractivity contribution in [3.63, 3.8) is 0 Å². The maximum Gasteiger partial charge on any atom is 0.308 e. The zero-order valence-electron chi connectivity index (χ0n) is 16.3. The Kier molecular flexibility index (Phi) is 6.05. The van der Waals surface area contributed by atoms with Crippen LogP contribution in [0.2, 0.25) is 0 Å².